The summed E-state index contributed by atoms with van der Waals surface area (Å²) >= 11 is 4.80. The van der Waals surface area contributed by atoms with E-state index >= 15 is 0 Å². The molecule has 0 aliphatic carbocycles. The SMILES string of the molecule is CCCSc1nc(SCC(=O)Nc2ccc(OC)cc2OC)c2c3c(sc2n1)CO[C@@](C)(CC)C3. The van der Waals surface area contributed by atoms with Crippen LogP contribution in [0.15, 0.2) is 28.4 Å². The van der Waals surface area contributed by atoms with Crippen molar-refractivity contribution in [2.24, 2.45) is 0 Å². The molecule has 1 aliphatic rings. The van der Waals surface area contributed by atoms with Gasteiger partial charge in [0.15, 0.2) is 5.16 Å². The summed E-state index contributed by atoms with van der Waals surface area (Å²) in [5.41, 5.74) is 1.68. The Morgan fingerprint density at radius 1 is 1.23 bits per heavy atom. The molecule has 1 atom stereocenters. The molecule has 1 N–H and O–H groups in total. The van der Waals surface area contributed by atoms with Crippen LogP contribution in [0.4, 0.5) is 5.69 Å². The molecule has 0 radical (unpaired) electrons. The normalized spacial score (nSPS) is 17.3. The lowest BCUT2D eigenvalue weighted by Crippen LogP contribution is -2.33. The largest absolute Gasteiger partial charge is 0.497 e. The molecule has 0 bridgehead atoms. The number of hydrogen-bond donors (Lipinski definition) is 1. The van der Waals surface area contributed by atoms with Gasteiger partial charge in [0.05, 0.1) is 37.9 Å². The summed E-state index contributed by atoms with van der Waals surface area (Å²) < 4.78 is 16.8. The maximum atomic E-state index is 12.9. The number of thiophene rings is 1. The second-order valence-electron chi connectivity index (χ2n) is 8.52. The summed E-state index contributed by atoms with van der Waals surface area (Å²) in [6, 6.07) is 5.32. The first-order valence-corrected chi connectivity index (χ1v) is 14.4. The number of benzene rings is 1. The molecule has 1 aliphatic heterocycles. The lowest BCUT2D eigenvalue weighted by molar-refractivity contribution is -0.113. The van der Waals surface area contributed by atoms with E-state index in [2.05, 4.69) is 26.1 Å². The van der Waals surface area contributed by atoms with Crippen molar-refractivity contribution in [1.29, 1.82) is 0 Å². The van der Waals surface area contributed by atoms with Gasteiger partial charge in [-0.3, -0.25) is 4.79 Å². The number of rotatable bonds is 10. The van der Waals surface area contributed by atoms with Gasteiger partial charge in [0.1, 0.15) is 21.4 Å². The predicted octanol–water partition coefficient (Wildman–Crippen LogP) is 6.18. The van der Waals surface area contributed by atoms with Crippen LogP contribution in [0, 0.1) is 0 Å². The maximum Gasteiger partial charge on any atom is 0.234 e. The van der Waals surface area contributed by atoms with Crippen LogP contribution in [0.2, 0.25) is 0 Å². The van der Waals surface area contributed by atoms with E-state index in [1.807, 2.05) is 0 Å². The minimum absolute atomic E-state index is 0.126. The van der Waals surface area contributed by atoms with Gasteiger partial charge in [-0.2, -0.15) is 0 Å². The molecule has 3 heterocycles. The molecule has 1 aromatic carbocycles. The van der Waals surface area contributed by atoms with E-state index < -0.39 is 0 Å². The number of amides is 1. The molecule has 0 fully saturated rings. The van der Waals surface area contributed by atoms with E-state index in [0.717, 1.165) is 45.4 Å². The predicted molar refractivity (Wildman–Crippen MR) is 145 cm³/mol. The van der Waals surface area contributed by atoms with Crippen LogP contribution in [0.25, 0.3) is 10.2 Å². The number of carbonyl (C=O) groups is 1. The van der Waals surface area contributed by atoms with Crippen LogP contribution < -0.4 is 14.8 Å². The van der Waals surface area contributed by atoms with Crippen molar-refractivity contribution in [3.05, 3.63) is 28.6 Å². The number of anilines is 1. The number of methoxy groups -OCH3 is 2. The quantitative estimate of drug-likeness (QED) is 0.188. The standard InChI is InChI=1S/C25H31N3O4S3/c1-6-10-33-24-27-22(21-16-12-25(3,7-2)32-13-19(16)35-23(21)28-24)34-14-20(29)26-17-9-8-15(30-4)11-18(17)31-5/h8-9,11H,6-7,10,12-14H2,1-5H3,(H,26,29)/t25-/m0/s1. The van der Waals surface area contributed by atoms with Crippen molar-refractivity contribution in [3.8, 4) is 11.5 Å². The maximum absolute atomic E-state index is 12.9. The van der Waals surface area contributed by atoms with Gasteiger partial charge in [0.2, 0.25) is 5.91 Å². The van der Waals surface area contributed by atoms with Crippen molar-refractivity contribution in [2.45, 2.75) is 62.4 Å². The molecule has 0 saturated heterocycles. The number of thioether (sulfide) groups is 2. The zero-order valence-corrected chi connectivity index (χ0v) is 23.2. The molecular weight excluding hydrogens is 502 g/mol. The Kier molecular flexibility index (Phi) is 8.46. The molecule has 0 unspecified atom stereocenters. The number of hydrogen-bond acceptors (Lipinski definition) is 9. The summed E-state index contributed by atoms with van der Waals surface area (Å²) in [5.74, 6) is 2.27. The Morgan fingerprint density at radius 2 is 2.06 bits per heavy atom. The number of aromatic nitrogens is 2. The van der Waals surface area contributed by atoms with Crippen LogP contribution in [0.5, 0.6) is 11.5 Å². The van der Waals surface area contributed by atoms with Crippen molar-refractivity contribution in [3.63, 3.8) is 0 Å². The highest BCUT2D eigenvalue weighted by atomic mass is 32.2. The monoisotopic (exact) mass is 533 g/mol. The fourth-order valence-corrected chi connectivity index (χ4v) is 6.67. The van der Waals surface area contributed by atoms with Gasteiger partial charge in [-0.25, -0.2) is 9.97 Å². The lowest BCUT2D eigenvalue weighted by Gasteiger charge is -2.33. The molecule has 188 valence electrons. The third-order valence-electron chi connectivity index (χ3n) is 5.99. The Bertz CT molecular complexity index is 1220. The molecule has 10 heteroatoms. The summed E-state index contributed by atoms with van der Waals surface area (Å²) in [7, 11) is 3.16. The first kappa shape index (κ1) is 26.1. The average molecular weight is 534 g/mol. The first-order valence-electron chi connectivity index (χ1n) is 11.6. The first-order chi connectivity index (χ1) is 16.9. The van der Waals surface area contributed by atoms with Crippen LogP contribution in [-0.4, -0.2) is 47.2 Å². The average Bonchev–Trinajstić information content (AvgIpc) is 3.23. The van der Waals surface area contributed by atoms with Crippen LogP contribution >= 0.6 is 34.9 Å². The van der Waals surface area contributed by atoms with Crippen molar-refractivity contribution in [2.75, 3.05) is 31.0 Å². The van der Waals surface area contributed by atoms with Crippen molar-refractivity contribution >= 4 is 56.7 Å². The number of nitrogens with zero attached hydrogens (tertiary/aromatic N) is 2. The third kappa shape index (κ3) is 5.87. The Hall–Kier alpha value is -2.01. The molecule has 0 spiro atoms. The second-order valence-corrected chi connectivity index (χ2v) is 11.6. The molecule has 1 amide bonds. The van der Waals surface area contributed by atoms with Gasteiger partial charge in [0, 0.05) is 28.5 Å². The topological polar surface area (TPSA) is 82.6 Å². The van der Waals surface area contributed by atoms with E-state index in [-0.39, 0.29) is 17.3 Å². The number of carbonyl (C=O) groups excluding carboxylic acids is 1. The van der Waals surface area contributed by atoms with E-state index in [1.54, 1.807) is 55.5 Å². The molecule has 7 nitrogen and oxygen atoms in total. The summed E-state index contributed by atoms with van der Waals surface area (Å²) in [4.78, 5) is 24.8. The van der Waals surface area contributed by atoms with E-state index in [1.165, 1.54) is 22.2 Å². The molecule has 4 rings (SSSR count). The highest BCUT2D eigenvalue weighted by Gasteiger charge is 2.33. The minimum Gasteiger partial charge on any atom is -0.497 e. The van der Waals surface area contributed by atoms with E-state index in [9.17, 15) is 4.79 Å². The number of fused-ring (bicyclic) bond motifs is 3. The smallest absolute Gasteiger partial charge is 0.234 e. The Morgan fingerprint density at radius 3 is 2.77 bits per heavy atom. The number of nitrogens with one attached hydrogen (secondary N) is 1. The van der Waals surface area contributed by atoms with Gasteiger partial charge in [-0.05, 0) is 37.5 Å². The Balaban J connectivity index is 1.60. The summed E-state index contributed by atoms with van der Waals surface area (Å²) in [6.07, 6.45) is 2.81. The van der Waals surface area contributed by atoms with Gasteiger partial charge in [0.25, 0.3) is 0 Å². The summed E-state index contributed by atoms with van der Waals surface area (Å²) in [6.45, 7) is 7.06. The Labute approximate surface area is 218 Å². The molecule has 0 saturated carbocycles. The molecule has 2 aromatic heterocycles. The zero-order chi connectivity index (χ0) is 25.0. The zero-order valence-electron chi connectivity index (χ0n) is 20.7. The van der Waals surface area contributed by atoms with Gasteiger partial charge in [-0.1, -0.05) is 37.4 Å². The molecule has 35 heavy (non-hydrogen) atoms. The highest BCUT2D eigenvalue weighted by Crippen LogP contribution is 2.43. The fraction of sp³-hybridized carbons (Fsp3) is 0.480. The molecule has 3 aromatic rings. The fourth-order valence-electron chi connectivity index (χ4n) is 3.83. The number of ether oxygens (including phenoxy) is 3. The van der Waals surface area contributed by atoms with Gasteiger partial charge >= 0.3 is 0 Å². The lowest BCUT2D eigenvalue weighted by atomic mass is 9.90. The minimum atomic E-state index is -0.194. The summed E-state index contributed by atoms with van der Waals surface area (Å²) in [5, 5.41) is 5.65. The third-order valence-corrected chi connectivity index (χ3v) is 9.12. The second kappa shape index (κ2) is 11.4. The van der Waals surface area contributed by atoms with Gasteiger partial charge in [-0.15, -0.1) is 11.3 Å². The van der Waals surface area contributed by atoms with Gasteiger partial charge < -0.3 is 19.5 Å². The molecular formula is C25H31N3O4S3. The van der Waals surface area contributed by atoms with Crippen molar-refractivity contribution < 1.29 is 19.0 Å². The highest BCUT2D eigenvalue weighted by molar-refractivity contribution is 8.00. The van der Waals surface area contributed by atoms with Crippen molar-refractivity contribution in [1.82, 2.24) is 9.97 Å². The van der Waals surface area contributed by atoms with Crippen LogP contribution in [0.1, 0.15) is 44.1 Å². The van der Waals surface area contributed by atoms with Crippen LogP contribution in [-0.2, 0) is 22.6 Å². The van der Waals surface area contributed by atoms with Crippen LogP contribution in [0.3, 0.4) is 0 Å². The van der Waals surface area contributed by atoms with E-state index in [4.69, 9.17) is 24.2 Å². The van der Waals surface area contributed by atoms with E-state index in [0.29, 0.717) is 23.8 Å².